The number of carbonyl (C=O) groups excluding carboxylic acids is 3. The van der Waals surface area contributed by atoms with Gasteiger partial charge in [0.05, 0.1) is 0 Å². The highest BCUT2D eigenvalue weighted by Crippen LogP contribution is 2.15. The Balaban J connectivity index is 4.41. The predicted octanol–water partition coefficient (Wildman–Crippen LogP) is 21.4. The van der Waals surface area contributed by atoms with E-state index in [0.717, 1.165) is 128 Å². The van der Waals surface area contributed by atoms with Crippen molar-refractivity contribution >= 4 is 17.9 Å². The average Bonchev–Trinajstić information content (AvgIpc) is 3.41. The minimum Gasteiger partial charge on any atom is -0.462 e. The van der Waals surface area contributed by atoms with Crippen LogP contribution < -0.4 is 0 Å². The highest BCUT2D eigenvalue weighted by atomic mass is 16.6. The first-order valence-electron chi connectivity index (χ1n) is 31.4. The van der Waals surface area contributed by atoms with Crippen LogP contribution in [0.15, 0.2) is 109 Å². The number of rotatable bonds is 56. The summed E-state index contributed by atoms with van der Waals surface area (Å²) >= 11 is 0. The lowest BCUT2D eigenvalue weighted by molar-refractivity contribution is -0.167. The molecule has 0 aromatic heterocycles. The molecule has 0 spiro atoms. The Labute approximate surface area is 463 Å². The largest absolute Gasteiger partial charge is 0.462 e. The molecule has 0 aromatic rings. The first-order valence-corrected chi connectivity index (χ1v) is 31.4. The summed E-state index contributed by atoms with van der Waals surface area (Å²) in [7, 11) is 0. The van der Waals surface area contributed by atoms with E-state index in [1.165, 1.54) is 122 Å². The van der Waals surface area contributed by atoms with Crippen molar-refractivity contribution in [3.05, 3.63) is 109 Å². The molecule has 0 heterocycles. The van der Waals surface area contributed by atoms with Gasteiger partial charge in [-0.25, -0.2) is 0 Å². The van der Waals surface area contributed by atoms with Crippen molar-refractivity contribution in [1.29, 1.82) is 0 Å². The lowest BCUT2D eigenvalue weighted by Crippen LogP contribution is -2.30. The van der Waals surface area contributed by atoms with E-state index in [2.05, 4.69) is 130 Å². The van der Waals surface area contributed by atoms with Gasteiger partial charge in [0, 0.05) is 19.3 Å². The molecule has 0 amide bonds. The van der Waals surface area contributed by atoms with Crippen LogP contribution in [-0.4, -0.2) is 37.2 Å². The Morgan fingerprint density at radius 1 is 0.280 bits per heavy atom. The number of allylic oxidation sites excluding steroid dienone is 18. The van der Waals surface area contributed by atoms with E-state index in [4.69, 9.17) is 14.2 Å². The zero-order valence-corrected chi connectivity index (χ0v) is 49.0. The van der Waals surface area contributed by atoms with E-state index in [1.54, 1.807) is 0 Å². The molecule has 0 saturated carbocycles. The van der Waals surface area contributed by atoms with Crippen LogP contribution in [0.2, 0.25) is 0 Å². The zero-order chi connectivity index (χ0) is 54.3. The van der Waals surface area contributed by atoms with E-state index in [-0.39, 0.29) is 31.1 Å². The number of ether oxygens (including phenoxy) is 3. The zero-order valence-electron chi connectivity index (χ0n) is 49.0. The van der Waals surface area contributed by atoms with Crippen molar-refractivity contribution in [2.45, 2.75) is 297 Å². The third kappa shape index (κ3) is 60.8. The summed E-state index contributed by atoms with van der Waals surface area (Å²) in [6.07, 6.45) is 85.2. The van der Waals surface area contributed by atoms with Gasteiger partial charge in [-0.15, -0.1) is 0 Å². The summed E-state index contributed by atoms with van der Waals surface area (Å²) in [5.74, 6) is -0.944. The summed E-state index contributed by atoms with van der Waals surface area (Å²) in [5, 5.41) is 0. The Morgan fingerprint density at radius 2 is 0.520 bits per heavy atom. The van der Waals surface area contributed by atoms with Crippen LogP contribution in [0.3, 0.4) is 0 Å². The molecule has 1 atom stereocenters. The Morgan fingerprint density at radius 3 is 0.827 bits per heavy atom. The maximum absolute atomic E-state index is 12.9. The predicted molar refractivity (Wildman–Crippen MR) is 325 cm³/mol. The normalized spacial score (nSPS) is 12.8. The van der Waals surface area contributed by atoms with Gasteiger partial charge >= 0.3 is 17.9 Å². The van der Waals surface area contributed by atoms with Crippen LogP contribution >= 0.6 is 0 Å². The van der Waals surface area contributed by atoms with E-state index >= 15 is 0 Å². The van der Waals surface area contributed by atoms with Gasteiger partial charge < -0.3 is 14.2 Å². The van der Waals surface area contributed by atoms with Crippen LogP contribution in [0, 0.1) is 0 Å². The van der Waals surface area contributed by atoms with Crippen LogP contribution in [0.5, 0.6) is 0 Å². The molecular weight excluding hydrogens is 925 g/mol. The minimum atomic E-state index is -0.804. The Hall–Kier alpha value is -3.93. The SMILES string of the molecule is CC/C=C\C/C=C\C/C=C\CCCCCC(=O)OCC(COC(=O)CCCCCCCCCC/C=C\C/C=C\C/C=C\CCCCCCC)OC(=O)CCCCCCCC/C=C\C/C=C\C/C=C\CCCCCCC. The molecule has 0 radical (unpaired) electrons. The molecular formula is C69H116O6. The van der Waals surface area contributed by atoms with E-state index < -0.39 is 6.10 Å². The first kappa shape index (κ1) is 71.1. The molecule has 0 N–H and O–H groups in total. The van der Waals surface area contributed by atoms with Crippen molar-refractivity contribution < 1.29 is 28.6 Å². The van der Waals surface area contributed by atoms with E-state index in [0.29, 0.717) is 19.3 Å². The highest BCUT2D eigenvalue weighted by molar-refractivity contribution is 5.71. The van der Waals surface area contributed by atoms with Gasteiger partial charge in [-0.05, 0) is 128 Å². The molecule has 0 bridgehead atoms. The fourth-order valence-electron chi connectivity index (χ4n) is 8.53. The summed E-state index contributed by atoms with van der Waals surface area (Å²) in [6, 6.07) is 0. The third-order valence-electron chi connectivity index (χ3n) is 13.2. The molecule has 0 fully saturated rings. The third-order valence-corrected chi connectivity index (χ3v) is 13.2. The van der Waals surface area contributed by atoms with E-state index in [1.807, 2.05) is 0 Å². The number of esters is 3. The topological polar surface area (TPSA) is 78.9 Å². The molecule has 428 valence electrons. The Bertz CT molecular complexity index is 1520. The molecule has 75 heavy (non-hydrogen) atoms. The highest BCUT2D eigenvalue weighted by Gasteiger charge is 2.19. The van der Waals surface area contributed by atoms with Gasteiger partial charge in [0.1, 0.15) is 13.2 Å². The lowest BCUT2D eigenvalue weighted by atomic mass is 10.1. The molecule has 6 nitrogen and oxygen atoms in total. The summed E-state index contributed by atoms with van der Waals surface area (Å²) in [6.45, 7) is 6.47. The van der Waals surface area contributed by atoms with Crippen molar-refractivity contribution in [3.63, 3.8) is 0 Å². The van der Waals surface area contributed by atoms with Gasteiger partial charge in [0.2, 0.25) is 0 Å². The van der Waals surface area contributed by atoms with Gasteiger partial charge in [0.15, 0.2) is 6.10 Å². The van der Waals surface area contributed by atoms with E-state index in [9.17, 15) is 14.4 Å². The number of hydrogen-bond donors (Lipinski definition) is 0. The quantitative estimate of drug-likeness (QED) is 0.0261. The van der Waals surface area contributed by atoms with Crippen molar-refractivity contribution in [2.75, 3.05) is 13.2 Å². The molecule has 0 rings (SSSR count). The molecule has 6 heteroatoms. The average molecular weight is 1040 g/mol. The van der Waals surface area contributed by atoms with Crippen molar-refractivity contribution in [3.8, 4) is 0 Å². The molecule has 0 aromatic carbocycles. The number of carbonyl (C=O) groups is 3. The van der Waals surface area contributed by atoms with Gasteiger partial charge in [-0.3, -0.25) is 14.4 Å². The number of unbranched alkanes of at least 4 members (excludes halogenated alkanes) is 27. The van der Waals surface area contributed by atoms with Crippen LogP contribution in [0.1, 0.15) is 290 Å². The molecule has 0 aliphatic rings. The summed E-state index contributed by atoms with van der Waals surface area (Å²) in [4.78, 5) is 38.3. The second-order valence-electron chi connectivity index (χ2n) is 20.6. The van der Waals surface area contributed by atoms with Gasteiger partial charge in [-0.2, -0.15) is 0 Å². The molecule has 1 unspecified atom stereocenters. The fraction of sp³-hybridized carbons (Fsp3) is 0.696. The maximum Gasteiger partial charge on any atom is 0.306 e. The van der Waals surface area contributed by atoms with Crippen LogP contribution in [0.25, 0.3) is 0 Å². The maximum atomic E-state index is 12.9. The summed E-state index contributed by atoms with van der Waals surface area (Å²) in [5.41, 5.74) is 0. The van der Waals surface area contributed by atoms with Crippen LogP contribution in [0.4, 0.5) is 0 Å². The minimum absolute atomic E-state index is 0.0982. The number of hydrogen-bond acceptors (Lipinski definition) is 6. The molecule has 0 aliphatic heterocycles. The smallest absolute Gasteiger partial charge is 0.306 e. The summed E-state index contributed by atoms with van der Waals surface area (Å²) < 4.78 is 16.9. The second kappa shape index (κ2) is 62.6. The molecule has 0 saturated heterocycles. The van der Waals surface area contributed by atoms with Crippen LogP contribution in [-0.2, 0) is 28.6 Å². The Kier molecular flexibility index (Phi) is 59.3. The first-order chi connectivity index (χ1) is 37.0. The van der Waals surface area contributed by atoms with Gasteiger partial charge in [-0.1, -0.05) is 252 Å². The monoisotopic (exact) mass is 1040 g/mol. The standard InChI is InChI=1S/C69H116O6/c1-4-7-10-13-16-19-22-25-27-29-31-33-34-36-37-39-41-44-47-50-53-56-59-62-68(71)74-65-66(64-73-67(70)61-58-55-52-49-46-43-24-21-18-15-12-9-6-3)75-69(72)63-60-57-54-51-48-45-42-40-38-35-32-30-28-26-23-20-17-14-11-8-5-2/h9,12,18,21-23,25-26,29-32,34,36,38,40,43,46,66H,4-8,10-11,13-17,19-20,24,27-28,33,35,37,39,41-42,44-45,47-65H2,1-3H3/b12-9-,21-18-,25-22-,26-23-,31-29-,32-30-,36-34-,40-38-,46-43-. The van der Waals surface area contributed by atoms with Crippen molar-refractivity contribution in [1.82, 2.24) is 0 Å². The fourth-order valence-corrected chi connectivity index (χ4v) is 8.53. The lowest BCUT2D eigenvalue weighted by Gasteiger charge is -2.18. The van der Waals surface area contributed by atoms with Gasteiger partial charge in [0.25, 0.3) is 0 Å². The second-order valence-corrected chi connectivity index (χ2v) is 20.6. The van der Waals surface area contributed by atoms with Crippen molar-refractivity contribution in [2.24, 2.45) is 0 Å². The molecule has 0 aliphatic carbocycles.